The number of hydrogen-bond acceptors (Lipinski definition) is 3. The normalized spacial score (nSPS) is 12.3. The lowest BCUT2D eigenvalue weighted by Gasteiger charge is -2.16. The Kier molecular flexibility index (Phi) is 10.1. The van der Waals surface area contributed by atoms with Crippen molar-refractivity contribution in [1.82, 2.24) is 0 Å². The van der Waals surface area contributed by atoms with Crippen molar-refractivity contribution < 1.29 is 14.3 Å². The van der Waals surface area contributed by atoms with Crippen LogP contribution in [0.2, 0.25) is 0 Å². The number of unbranched alkanes of at least 4 members (excludes halogenated alkanes) is 2. The second-order valence-electron chi connectivity index (χ2n) is 7.63. The molecule has 1 atom stereocenters. The monoisotopic (exact) mass is 394 g/mol. The van der Waals surface area contributed by atoms with Gasteiger partial charge in [0.2, 0.25) is 0 Å². The van der Waals surface area contributed by atoms with Gasteiger partial charge in [0, 0.05) is 6.42 Å². The smallest absolute Gasteiger partial charge is 0.338 e. The van der Waals surface area contributed by atoms with Crippen LogP contribution in [0.15, 0.2) is 66.7 Å². The summed E-state index contributed by atoms with van der Waals surface area (Å²) in [6.07, 6.45) is 8.91. The van der Waals surface area contributed by atoms with Gasteiger partial charge in [0.25, 0.3) is 0 Å². The van der Waals surface area contributed by atoms with Gasteiger partial charge in [0.1, 0.15) is 18.5 Å². The highest BCUT2D eigenvalue weighted by Crippen LogP contribution is 2.19. The molecule has 1 unspecified atom stereocenters. The predicted octanol–water partition coefficient (Wildman–Crippen LogP) is 6.94. The van der Waals surface area contributed by atoms with E-state index >= 15 is 0 Å². The van der Waals surface area contributed by atoms with Crippen molar-refractivity contribution in [2.45, 2.75) is 64.9 Å². The molecule has 0 spiro atoms. The van der Waals surface area contributed by atoms with E-state index in [-0.39, 0.29) is 12.1 Å². The van der Waals surface area contributed by atoms with Gasteiger partial charge in [-0.15, -0.1) is 0 Å². The van der Waals surface area contributed by atoms with Crippen molar-refractivity contribution in [3.05, 3.63) is 77.9 Å². The Morgan fingerprint density at radius 3 is 2.34 bits per heavy atom. The standard InChI is InChI=1S/C26H34O3/c1-4-5-7-14-25(29-26(27)23-12-8-6-9-13-23)15-10-11-20-28-24-18-16-22(17-19-24)21(2)3/h6,8-13,16-19,21,25H,4-5,7,14-15,20H2,1-3H3/b11-10+. The van der Waals surface area contributed by atoms with E-state index in [1.807, 2.05) is 36.4 Å². The average molecular weight is 395 g/mol. The summed E-state index contributed by atoms with van der Waals surface area (Å²) in [6, 6.07) is 17.4. The molecule has 0 bridgehead atoms. The molecule has 0 aliphatic rings. The molecule has 29 heavy (non-hydrogen) atoms. The molecule has 0 radical (unpaired) electrons. The molecule has 0 saturated heterocycles. The maximum Gasteiger partial charge on any atom is 0.338 e. The van der Waals surface area contributed by atoms with E-state index in [0.29, 0.717) is 24.5 Å². The summed E-state index contributed by atoms with van der Waals surface area (Å²) in [5, 5.41) is 0. The first-order chi connectivity index (χ1) is 14.1. The molecule has 0 fully saturated rings. The van der Waals surface area contributed by atoms with E-state index < -0.39 is 0 Å². The topological polar surface area (TPSA) is 35.5 Å². The lowest BCUT2D eigenvalue weighted by atomic mass is 10.0. The first-order valence-corrected chi connectivity index (χ1v) is 10.7. The maximum atomic E-state index is 12.4. The summed E-state index contributed by atoms with van der Waals surface area (Å²) in [6.45, 7) is 7.05. The second kappa shape index (κ2) is 12.8. The zero-order valence-electron chi connectivity index (χ0n) is 18.0. The molecule has 0 aliphatic carbocycles. The van der Waals surface area contributed by atoms with Crippen LogP contribution in [-0.2, 0) is 4.74 Å². The Hall–Kier alpha value is -2.55. The third-order valence-corrected chi connectivity index (χ3v) is 4.87. The molecule has 0 heterocycles. The van der Waals surface area contributed by atoms with E-state index in [0.717, 1.165) is 31.4 Å². The molecule has 3 nitrogen and oxygen atoms in total. The van der Waals surface area contributed by atoms with Crippen molar-refractivity contribution in [3.63, 3.8) is 0 Å². The highest BCUT2D eigenvalue weighted by molar-refractivity contribution is 5.89. The van der Waals surface area contributed by atoms with Crippen molar-refractivity contribution >= 4 is 5.97 Å². The minimum atomic E-state index is -0.248. The van der Waals surface area contributed by atoms with E-state index in [2.05, 4.69) is 39.0 Å². The number of benzene rings is 2. The van der Waals surface area contributed by atoms with Gasteiger partial charge in [0.15, 0.2) is 0 Å². The Bertz CT molecular complexity index is 732. The molecular weight excluding hydrogens is 360 g/mol. The van der Waals surface area contributed by atoms with Gasteiger partial charge in [0.05, 0.1) is 5.56 Å². The first kappa shape index (κ1) is 22.7. The van der Waals surface area contributed by atoms with Gasteiger partial charge in [-0.2, -0.15) is 0 Å². The van der Waals surface area contributed by atoms with Crippen LogP contribution in [0.3, 0.4) is 0 Å². The fourth-order valence-electron chi connectivity index (χ4n) is 3.05. The number of rotatable bonds is 12. The summed E-state index contributed by atoms with van der Waals surface area (Å²) in [7, 11) is 0. The molecule has 2 aromatic rings. The highest BCUT2D eigenvalue weighted by Gasteiger charge is 2.14. The number of hydrogen-bond donors (Lipinski definition) is 0. The quantitative estimate of drug-likeness (QED) is 0.222. The summed E-state index contributed by atoms with van der Waals surface area (Å²) in [5.41, 5.74) is 1.91. The first-order valence-electron chi connectivity index (χ1n) is 10.7. The largest absolute Gasteiger partial charge is 0.490 e. The van der Waals surface area contributed by atoms with Crippen LogP contribution < -0.4 is 4.74 Å². The van der Waals surface area contributed by atoms with E-state index in [1.54, 1.807) is 12.1 Å². The molecule has 2 aromatic carbocycles. The van der Waals surface area contributed by atoms with Crippen molar-refractivity contribution in [2.24, 2.45) is 0 Å². The third-order valence-electron chi connectivity index (χ3n) is 4.87. The molecule has 0 N–H and O–H groups in total. The fourth-order valence-corrected chi connectivity index (χ4v) is 3.05. The lowest BCUT2D eigenvalue weighted by molar-refractivity contribution is 0.0283. The van der Waals surface area contributed by atoms with Crippen molar-refractivity contribution in [1.29, 1.82) is 0 Å². The number of ether oxygens (including phenoxy) is 2. The Morgan fingerprint density at radius 1 is 0.966 bits per heavy atom. The van der Waals surface area contributed by atoms with Crippen LogP contribution in [0.5, 0.6) is 5.75 Å². The lowest BCUT2D eigenvalue weighted by Crippen LogP contribution is -2.18. The Labute approximate surface area is 175 Å². The average Bonchev–Trinajstić information content (AvgIpc) is 2.74. The third kappa shape index (κ3) is 8.55. The molecule has 3 heteroatoms. The second-order valence-corrected chi connectivity index (χ2v) is 7.63. The van der Waals surface area contributed by atoms with E-state index in [9.17, 15) is 4.79 Å². The molecule has 0 amide bonds. The zero-order valence-corrected chi connectivity index (χ0v) is 18.0. The number of carbonyl (C=O) groups is 1. The summed E-state index contributed by atoms with van der Waals surface area (Å²) in [5.74, 6) is 1.14. The minimum absolute atomic E-state index is 0.101. The van der Waals surface area contributed by atoms with Crippen LogP contribution in [0.25, 0.3) is 0 Å². The van der Waals surface area contributed by atoms with E-state index in [4.69, 9.17) is 9.47 Å². The Balaban J connectivity index is 1.81. The predicted molar refractivity (Wildman–Crippen MR) is 120 cm³/mol. The van der Waals surface area contributed by atoms with Gasteiger partial charge >= 0.3 is 5.97 Å². The van der Waals surface area contributed by atoms with Crippen molar-refractivity contribution in [2.75, 3.05) is 6.61 Å². The summed E-state index contributed by atoms with van der Waals surface area (Å²) in [4.78, 5) is 12.4. The zero-order chi connectivity index (χ0) is 20.9. The van der Waals surface area contributed by atoms with Gasteiger partial charge < -0.3 is 9.47 Å². The van der Waals surface area contributed by atoms with Crippen LogP contribution in [0, 0.1) is 0 Å². The van der Waals surface area contributed by atoms with E-state index in [1.165, 1.54) is 5.56 Å². The van der Waals surface area contributed by atoms with Crippen LogP contribution in [0.4, 0.5) is 0 Å². The van der Waals surface area contributed by atoms with Crippen molar-refractivity contribution in [3.8, 4) is 5.75 Å². The minimum Gasteiger partial charge on any atom is -0.490 e. The van der Waals surface area contributed by atoms with Crippen LogP contribution >= 0.6 is 0 Å². The molecule has 2 rings (SSSR count). The van der Waals surface area contributed by atoms with Gasteiger partial charge in [-0.1, -0.05) is 76.1 Å². The SMILES string of the molecule is CCCCCC(C/C=C/COc1ccc(C(C)C)cc1)OC(=O)c1ccccc1. The maximum absolute atomic E-state index is 12.4. The van der Waals surface area contributed by atoms with Crippen LogP contribution in [0.1, 0.15) is 74.7 Å². The number of esters is 1. The summed E-state index contributed by atoms with van der Waals surface area (Å²) < 4.78 is 11.5. The Morgan fingerprint density at radius 2 is 1.69 bits per heavy atom. The number of carbonyl (C=O) groups excluding carboxylic acids is 1. The fraction of sp³-hybridized carbons (Fsp3) is 0.423. The molecule has 0 aromatic heterocycles. The van der Waals surface area contributed by atoms with Gasteiger partial charge in [-0.3, -0.25) is 0 Å². The molecule has 0 aliphatic heterocycles. The molecule has 0 saturated carbocycles. The molecular formula is C26H34O3. The van der Waals surface area contributed by atoms with Gasteiger partial charge in [-0.25, -0.2) is 4.79 Å². The van der Waals surface area contributed by atoms with Crippen LogP contribution in [-0.4, -0.2) is 18.7 Å². The van der Waals surface area contributed by atoms with Gasteiger partial charge in [-0.05, 0) is 48.6 Å². The molecule has 156 valence electrons. The highest BCUT2D eigenvalue weighted by atomic mass is 16.5. The summed E-state index contributed by atoms with van der Waals surface area (Å²) >= 11 is 0.